The largest absolute Gasteiger partial charge is 0.435 e. The zero-order valence-electron chi connectivity index (χ0n) is 8.81. The lowest BCUT2D eigenvalue weighted by Crippen LogP contribution is -2.01. The summed E-state index contributed by atoms with van der Waals surface area (Å²) in [4.78, 5) is 2.58. The topological polar surface area (TPSA) is 58.0 Å². The van der Waals surface area contributed by atoms with E-state index in [1.54, 1.807) is 12.1 Å². The van der Waals surface area contributed by atoms with Gasteiger partial charge in [-0.3, -0.25) is 0 Å². The monoisotopic (exact) mass is 237 g/mol. The van der Waals surface area contributed by atoms with Gasteiger partial charge < -0.3 is 4.74 Å². The molecule has 1 aromatic rings. The summed E-state index contributed by atoms with van der Waals surface area (Å²) in [5.41, 5.74) is 8.60. The van der Waals surface area contributed by atoms with Crippen LogP contribution in [0.25, 0.3) is 10.4 Å². The van der Waals surface area contributed by atoms with Gasteiger partial charge >= 0.3 is 6.61 Å². The zero-order valence-corrected chi connectivity index (χ0v) is 8.81. The Balaban J connectivity index is 2.61. The van der Waals surface area contributed by atoms with Gasteiger partial charge in [0.25, 0.3) is 0 Å². The third-order valence-electron chi connectivity index (χ3n) is 1.69. The Morgan fingerprint density at radius 1 is 1.47 bits per heavy atom. The molecule has 0 radical (unpaired) electrons. The fourth-order valence-corrected chi connectivity index (χ4v) is 1.07. The first-order valence-electron chi connectivity index (χ1n) is 4.77. The molecule has 0 aromatic heterocycles. The van der Waals surface area contributed by atoms with Crippen molar-refractivity contribution in [1.82, 2.24) is 0 Å². The molecule has 17 heavy (non-hydrogen) atoms. The summed E-state index contributed by atoms with van der Waals surface area (Å²) in [5, 5.41) is 3.31. The summed E-state index contributed by atoms with van der Waals surface area (Å²) in [6, 6.07) is 6.11. The summed E-state index contributed by atoms with van der Waals surface area (Å²) in [6.45, 7) is -2.56. The number of azide groups is 1. The fraction of sp³-hybridized carbons (Fsp3) is 0.273. The normalized spacial score (nSPS) is 9.12. The van der Waals surface area contributed by atoms with E-state index in [2.05, 4.69) is 26.6 Å². The van der Waals surface area contributed by atoms with E-state index in [0.29, 0.717) is 12.0 Å². The van der Waals surface area contributed by atoms with Crippen LogP contribution in [0.3, 0.4) is 0 Å². The molecule has 0 amide bonds. The van der Waals surface area contributed by atoms with E-state index in [9.17, 15) is 8.78 Å². The van der Waals surface area contributed by atoms with Gasteiger partial charge in [-0.15, -0.1) is 0 Å². The van der Waals surface area contributed by atoms with Gasteiger partial charge in [0, 0.05) is 23.4 Å². The lowest BCUT2D eigenvalue weighted by molar-refractivity contribution is -0.0498. The highest BCUT2D eigenvalue weighted by Crippen LogP contribution is 2.15. The highest BCUT2D eigenvalue weighted by molar-refractivity contribution is 5.39. The van der Waals surface area contributed by atoms with Crippen LogP contribution in [0.4, 0.5) is 8.78 Å². The second-order valence-electron chi connectivity index (χ2n) is 2.91. The van der Waals surface area contributed by atoms with Crippen molar-refractivity contribution < 1.29 is 13.5 Å². The third-order valence-corrected chi connectivity index (χ3v) is 1.69. The highest BCUT2D eigenvalue weighted by atomic mass is 19.3. The molecule has 88 valence electrons. The number of alkyl halides is 2. The van der Waals surface area contributed by atoms with Gasteiger partial charge in [-0.1, -0.05) is 23.0 Å². The lowest BCUT2D eigenvalue weighted by atomic mass is 10.2. The Labute approximate surface area is 96.8 Å². The number of hydrogen-bond donors (Lipinski definition) is 0. The molecule has 1 rings (SSSR count). The minimum Gasteiger partial charge on any atom is -0.435 e. The Morgan fingerprint density at radius 3 is 3.00 bits per heavy atom. The van der Waals surface area contributed by atoms with Crippen LogP contribution >= 0.6 is 0 Å². The van der Waals surface area contributed by atoms with Crippen molar-refractivity contribution in [3.05, 3.63) is 40.3 Å². The van der Waals surface area contributed by atoms with Crippen molar-refractivity contribution in [2.45, 2.75) is 13.0 Å². The molecule has 0 heterocycles. The Bertz CT molecular complexity index is 473. The Morgan fingerprint density at radius 2 is 2.29 bits per heavy atom. The molecule has 0 aliphatic heterocycles. The van der Waals surface area contributed by atoms with Crippen LogP contribution in [0.2, 0.25) is 0 Å². The van der Waals surface area contributed by atoms with Crippen LogP contribution in [0.1, 0.15) is 12.0 Å². The van der Waals surface area contributed by atoms with Crippen molar-refractivity contribution in [3.63, 3.8) is 0 Å². The quantitative estimate of drug-likeness (QED) is 0.260. The first-order chi connectivity index (χ1) is 8.22. The van der Waals surface area contributed by atoms with E-state index in [1.807, 2.05) is 0 Å². The number of rotatable bonds is 4. The lowest BCUT2D eigenvalue weighted by Gasteiger charge is -2.03. The van der Waals surface area contributed by atoms with Crippen LogP contribution in [-0.2, 0) is 0 Å². The molecule has 4 nitrogen and oxygen atoms in total. The maximum Gasteiger partial charge on any atom is 0.387 e. The first kappa shape index (κ1) is 12.8. The predicted octanol–water partition coefficient (Wildman–Crippen LogP) is 3.34. The first-order valence-corrected chi connectivity index (χ1v) is 4.77. The molecular weight excluding hydrogens is 228 g/mol. The molecule has 0 aliphatic carbocycles. The molecule has 0 aliphatic rings. The van der Waals surface area contributed by atoms with Gasteiger partial charge in [0.15, 0.2) is 0 Å². The standard InChI is InChI=1S/C11H9F2N3O/c12-11(13)17-10-6-3-5-9(8-10)4-1-2-7-15-16-14/h3,5-6,8,11H,2,7H2. The van der Waals surface area contributed by atoms with Crippen LogP contribution in [0.5, 0.6) is 5.75 Å². The van der Waals surface area contributed by atoms with Crippen LogP contribution in [-0.4, -0.2) is 13.2 Å². The fourth-order valence-electron chi connectivity index (χ4n) is 1.07. The summed E-state index contributed by atoms with van der Waals surface area (Å²) in [6.07, 6.45) is 0.421. The van der Waals surface area contributed by atoms with Gasteiger partial charge in [0.2, 0.25) is 0 Å². The van der Waals surface area contributed by atoms with Crippen molar-refractivity contribution in [2.75, 3.05) is 6.54 Å². The van der Waals surface area contributed by atoms with E-state index in [4.69, 9.17) is 5.53 Å². The third kappa shape index (κ3) is 5.40. The Hall–Kier alpha value is -2.25. The van der Waals surface area contributed by atoms with Gasteiger partial charge in [-0.05, 0) is 23.7 Å². The number of hydrogen-bond acceptors (Lipinski definition) is 2. The molecule has 0 saturated carbocycles. The molecule has 0 bridgehead atoms. The highest BCUT2D eigenvalue weighted by Gasteiger charge is 2.03. The number of benzene rings is 1. The van der Waals surface area contributed by atoms with Gasteiger partial charge in [0.05, 0.1) is 0 Å². The second kappa shape index (κ2) is 7.09. The molecule has 0 fully saturated rings. The van der Waals surface area contributed by atoms with E-state index < -0.39 is 6.61 Å². The molecule has 0 atom stereocenters. The molecular formula is C11H9F2N3O. The predicted molar refractivity (Wildman–Crippen MR) is 58.6 cm³/mol. The molecule has 6 heteroatoms. The van der Waals surface area contributed by atoms with Crippen molar-refractivity contribution in [2.24, 2.45) is 5.11 Å². The van der Waals surface area contributed by atoms with E-state index in [-0.39, 0.29) is 12.3 Å². The van der Waals surface area contributed by atoms with Crippen molar-refractivity contribution >= 4 is 0 Å². The summed E-state index contributed by atoms with van der Waals surface area (Å²) in [5.74, 6) is 5.59. The zero-order chi connectivity index (χ0) is 12.5. The van der Waals surface area contributed by atoms with E-state index >= 15 is 0 Å². The van der Waals surface area contributed by atoms with Gasteiger partial charge in [-0.2, -0.15) is 8.78 Å². The summed E-state index contributed by atoms with van der Waals surface area (Å²) in [7, 11) is 0. The number of halogens is 2. The van der Waals surface area contributed by atoms with Crippen molar-refractivity contribution in [1.29, 1.82) is 0 Å². The maximum atomic E-state index is 11.9. The molecule has 1 aromatic carbocycles. The van der Waals surface area contributed by atoms with Gasteiger partial charge in [0.1, 0.15) is 5.75 Å². The van der Waals surface area contributed by atoms with E-state index in [1.165, 1.54) is 12.1 Å². The van der Waals surface area contributed by atoms with Crippen molar-refractivity contribution in [3.8, 4) is 17.6 Å². The summed E-state index contributed by atoms with van der Waals surface area (Å²) >= 11 is 0. The maximum absolute atomic E-state index is 11.9. The number of nitrogens with zero attached hydrogens (tertiary/aromatic N) is 3. The average Bonchev–Trinajstić information content (AvgIpc) is 2.28. The molecule has 0 unspecified atom stereocenters. The minimum absolute atomic E-state index is 0.0712. The Kier molecular flexibility index (Phi) is 5.35. The van der Waals surface area contributed by atoms with Crippen LogP contribution in [0, 0.1) is 11.8 Å². The molecule has 0 saturated heterocycles. The van der Waals surface area contributed by atoms with E-state index in [0.717, 1.165) is 0 Å². The summed E-state index contributed by atoms with van der Waals surface area (Å²) < 4.78 is 28.1. The smallest absolute Gasteiger partial charge is 0.387 e. The van der Waals surface area contributed by atoms with Crippen LogP contribution in [0.15, 0.2) is 29.4 Å². The van der Waals surface area contributed by atoms with Crippen LogP contribution < -0.4 is 4.74 Å². The number of ether oxygens (including phenoxy) is 1. The second-order valence-corrected chi connectivity index (χ2v) is 2.91. The van der Waals surface area contributed by atoms with Gasteiger partial charge in [-0.25, -0.2) is 0 Å². The molecule has 0 N–H and O–H groups in total. The minimum atomic E-state index is -2.84. The SMILES string of the molecule is [N-]=[N+]=NCCC#Cc1cccc(OC(F)F)c1. The average molecular weight is 237 g/mol. The molecule has 0 spiro atoms.